The summed E-state index contributed by atoms with van der Waals surface area (Å²) in [6.45, 7) is 15.9. The molecule has 85 heavy (non-hydrogen) atoms. The summed E-state index contributed by atoms with van der Waals surface area (Å²) in [5.74, 6) is 0. The lowest BCUT2D eigenvalue weighted by Gasteiger charge is -2.13. The summed E-state index contributed by atoms with van der Waals surface area (Å²) in [6, 6.07) is 52.6. The third-order valence-electron chi connectivity index (χ3n) is 16.2. The van der Waals surface area contributed by atoms with Crippen molar-refractivity contribution in [3.63, 3.8) is 0 Å². The predicted octanol–water partition coefficient (Wildman–Crippen LogP) is 16.5. The molecule has 0 aliphatic carbocycles. The molecule has 0 aliphatic heterocycles. The highest BCUT2D eigenvalue weighted by atomic mass is 14.9. The molecule has 13 aromatic rings. The van der Waals surface area contributed by atoms with Crippen molar-refractivity contribution in [2.75, 3.05) is 0 Å². The van der Waals surface area contributed by atoms with E-state index in [9.17, 15) is 0 Å². The van der Waals surface area contributed by atoms with Crippen molar-refractivity contribution in [1.29, 1.82) is 0 Å². The molecular formula is C78H79N7+4. The van der Waals surface area contributed by atoms with Gasteiger partial charge in [0.15, 0.2) is 24.8 Å². The summed E-state index contributed by atoms with van der Waals surface area (Å²) in [6.07, 6.45) is 18.0. The molecule has 7 heteroatoms. The molecule has 6 aromatic carbocycles. The first-order chi connectivity index (χ1) is 42.9. The lowest BCUT2D eigenvalue weighted by Crippen LogP contribution is -2.30. The summed E-state index contributed by atoms with van der Waals surface area (Å²) in [5.41, 5.74) is 21.4. The van der Waals surface area contributed by atoms with Crippen molar-refractivity contribution in [1.82, 2.24) is 15.0 Å². The van der Waals surface area contributed by atoms with E-state index in [1.165, 1.54) is 118 Å². The molecule has 0 saturated carbocycles. The van der Waals surface area contributed by atoms with Gasteiger partial charge in [-0.1, -0.05) is 102 Å². The molecule has 0 bridgehead atoms. The number of aromatic nitrogens is 7. The first kappa shape index (κ1) is 52.2. The molecule has 422 valence electrons. The van der Waals surface area contributed by atoms with Crippen LogP contribution in [0, 0.1) is 62.2 Å². The monoisotopic (exact) mass is 1120 g/mol. The van der Waals surface area contributed by atoms with Crippen LogP contribution < -0.4 is 18.3 Å². The van der Waals surface area contributed by atoms with E-state index in [1.807, 2.05) is 87.0 Å². The van der Waals surface area contributed by atoms with Crippen molar-refractivity contribution in [2.45, 2.75) is 75.5 Å². The Morgan fingerprint density at radius 3 is 1.27 bits per heavy atom. The van der Waals surface area contributed by atoms with Crippen LogP contribution in [-0.2, 0) is 34.6 Å². The first-order valence-corrected chi connectivity index (χ1v) is 28.9. The van der Waals surface area contributed by atoms with Gasteiger partial charge in [0.2, 0.25) is 22.8 Å². The van der Waals surface area contributed by atoms with Crippen LogP contribution in [-0.4, -0.2) is 15.0 Å². The van der Waals surface area contributed by atoms with Crippen molar-refractivity contribution < 1.29 is 25.1 Å². The van der Waals surface area contributed by atoms with Crippen LogP contribution in [0.5, 0.6) is 0 Å². The Labute approximate surface area is 510 Å². The Hall–Kier alpha value is -9.59. The van der Waals surface area contributed by atoms with Gasteiger partial charge in [-0.15, -0.1) is 0 Å². The van der Waals surface area contributed by atoms with Crippen molar-refractivity contribution in [2.24, 2.45) is 28.2 Å². The molecule has 7 nitrogen and oxygen atoms in total. The average Bonchev–Trinajstić information content (AvgIpc) is 0.783. The molecule has 0 N–H and O–H groups in total. The molecule has 0 radical (unpaired) electrons. The maximum absolute atomic E-state index is 8.20. The smallest absolute Gasteiger partial charge is 0.222 e. The molecule has 0 spiro atoms. The fourth-order valence-corrected chi connectivity index (χ4v) is 11.5. The predicted molar refractivity (Wildman–Crippen MR) is 353 cm³/mol. The molecule has 0 aliphatic rings. The van der Waals surface area contributed by atoms with Gasteiger partial charge in [0.25, 0.3) is 0 Å². The number of hydrogen-bond acceptors (Lipinski definition) is 3. The lowest BCUT2D eigenvalue weighted by atomic mass is 9.92. The maximum atomic E-state index is 8.20. The molecule has 13 rings (SSSR count). The minimum Gasteiger partial charge on any atom is -0.264 e. The summed E-state index contributed by atoms with van der Waals surface area (Å²) in [4.78, 5) is 12.7. The molecule has 0 unspecified atom stereocenters. The fourth-order valence-electron chi connectivity index (χ4n) is 11.5. The van der Waals surface area contributed by atoms with Crippen LogP contribution in [0.1, 0.15) is 69.4 Å². The number of benzene rings is 6. The van der Waals surface area contributed by atoms with Crippen molar-refractivity contribution in [3.8, 4) is 56.2 Å². The van der Waals surface area contributed by atoms with Crippen LogP contribution in [0.15, 0.2) is 214 Å². The molecule has 0 atom stereocenters. The molecule has 0 amide bonds. The second kappa shape index (κ2) is 25.5. The van der Waals surface area contributed by atoms with Gasteiger partial charge in [0.05, 0.1) is 43.8 Å². The van der Waals surface area contributed by atoms with Crippen molar-refractivity contribution >= 4 is 43.1 Å². The maximum Gasteiger partial charge on any atom is 0.222 e. The van der Waals surface area contributed by atoms with Gasteiger partial charge in [0.1, 0.15) is 28.2 Å². The van der Waals surface area contributed by atoms with E-state index in [0.29, 0.717) is 5.56 Å². The summed E-state index contributed by atoms with van der Waals surface area (Å²) < 4.78 is 48.5. The van der Waals surface area contributed by atoms with Gasteiger partial charge in [-0.2, -0.15) is 0 Å². The minimum atomic E-state index is -2.30. The molecule has 7 heterocycles. The van der Waals surface area contributed by atoms with Gasteiger partial charge in [-0.05, 0) is 184 Å². The lowest BCUT2D eigenvalue weighted by molar-refractivity contribution is -0.659. The normalized spacial score (nSPS) is 12.2. The van der Waals surface area contributed by atoms with Gasteiger partial charge in [-0.3, -0.25) is 15.0 Å². The molecule has 0 saturated heterocycles. The van der Waals surface area contributed by atoms with Gasteiger partial charge >= 0.3 is 0 Å². The molecular weight excluding hydrogens is 1030 g/mol. The van der Waals surface area contributed by atoms with E-state index in [-0.39, 0.29) is 5.56 Å². The van der Waals surface area contributed by atoms with Gasteiger partial charge < -0.3 is 0 Å². The number of hydrogen-bond donors (Lipinski definition) is 0. The molecule has 0 fully saturated rings. The summed E-state index contributed by atoms with van der Waals surface area (Å²) >= 11 is 0. The Bertz CT molecular complexity index is 4690. The van der Waals surface area contributed by atoms with Crippen LogP contribution in [0.25, 0.3) is 99.2 Å². The second-order valence-electron chi connectivity index (χ2n) is 22.6. The number of nitrogens with zero attached hydrogens (tertiary/aromatic N) is 7. The van der Waals surface area contributed by atoms with E-state index in [1.54, 1.807) is 6.07 Å². The van der Waals surface area contributed by atoms with E-state index in [2.05, 4.69) is 231 Å². The zero-order chi connectivity index (χ0) is 64.3. The van der Waals surface area contributed by atoms with E-state index >= 15 is 0 Å². The SMILES string of the molecule is Cc1ccc2cc[n+](C)c(-c3cc(-c4cccnc4)ccc3C)c2c1.Cc1ccc2cc[n+](C)c(-c3ccncc3C)c2c1.Cc1ccc2cc[n+](C)c(-c3cnccc3C)c2c1.[2H]C([2H])([2H])c1cc(-c2c3cc(C)ccc3cc[n+]2C)c(C)c(C([2H])([2H])C)c1. The zero-order valence-electron chi connectivity index (χ0n) is 56.3. The van der Waals surface area contributed by atoms with E-state index in [4.69, 9.17) is 6.85 Å². The van der Waals surface area contributed by atoms with Crippen LogP contribution in [0.4, 0.5) is 0 Å². The second-order valence-corrected chi connectivity index (χ2v) is 22.6. The number of aryl methyl sites for hydroxylation is 13. The highest BCUT2D eigenvalue weighted by molar-refractivity contribution is 5.97. The van der Waals surface area contributed by atoms with Gasteiger partial charge in [0, 0.05) is 73.9 Å². The summed E-state index contributed by atoms with van der Waals surface area (Å²) in [7, 11) is 8.23. The fraction of sp³-hybridized carbons (Fsp3) is 0.192. The number of fused-ring (bicyclic) bond motifs is 4. The number of rotatable bonds is 6. The highest BCUT2D eigenvalue weighted by Crippen LogP contribution is 2.35. The standard InChI is InChI=1S/C23H21N2.C21H24N.2C17H17N2/c1-16-6-8-18-10-12-25(3)23(22(18)13-16)21-14-19(9-7-17(21)2)20-5-4-11-24-15-20;1-6-17-11-15(3)13-19(16(17)4)21-20-12-14(2)7-8-18(20)9-10-22(21)5;1-12-4-5-14-7-9-19(3)17(16(14)10-12)15-6-8-18-11-13(15)2;1-12-4-5-14-7-9-19(3)17(15(14)10-12)16-11-18-8-6-13(16)2/h4-15H,1-3H3;7-13H,6H2,1-5H3;2*4-11H,1-3H3/q4*+1/i;3D3,6D2;;. The molecule has 7 aromatic heterocycles. The quantitative estimate of drug-likeness (QED) is 0.156. The third kappa shape index (κ3) is 12.7. The highest BCUT2D eigenvalue weighted by Gasteiger charge is 2.22. The Kier molecular flexibility index (Phi) is 15.7. The van der Waals surface area contributed by atoms with Crippen LogP contribution >= 0.6 is 0 Å². The first-order valence-electron chi connectivity index (χ1n) is 31.4. The summed E-state index contributed by atoms with van der Waals surface area (Å²) in [5, 5.41) is 9.75. The topological polar surface area (TPSA) is 54.2 Å². The number of pyridine rings is 7. The van der Waals surface area contributed by atoms with Crippen molar-refractivity contribution in [3.05, 3.63) is 269 Å². The third-order valence-corrected chi connectivity index (χ3v) is 16.2. The van der Waals surface area contributed by atoms with Crippen LogP contribution in [0.3, 0.4) is 0 Å². The van der Waals surface area contributed by atoms with E-state index in [0.717, 1.165) is 38.7 Å². The van der Waals surface area contributed by atoms with Crippen LogP contribution in [0.2, 0.25) is 0 Å². The Morgan fingerprint density at radius 2 is 0.812 bits per heavy atom. The van der Waals surface area contributed by atoms with E-state index < -0.39 is 13.2 Å². The Morgan fingerprint density at radius 1 is 0.365 bits per heavy atom. The van der Waals surface area contributed by atoms with Gasteiger partial charge in [-0.25, -0.2) is 18.3 Å². The minimum absolute atomic E-state index is 0.161. The average molecular weight is 1120 g/mol. The Balaban J connectivity index is 0.000000133. The largest absolute Gasteiger partial charge is 0.264 e. The zero-order valence-corrected chi connectivity index (χ0v) is 51.3.